The molecule has 0 bridgehead atoms. The zero-order valence-corrected chi connectivity index (χ0v) is 17.3. The first-order valence-corrected chi connectivity index (χ1v) is 10.6. The van der Waals surface area contributed by atoms with E-state index in [9.17, 15) is 22.9 Å². The Labute approximate surface area is 175 Å². The van der Waals surface area contributed by atoms with Crippen LogP contribution < -0.4 is 4.72 Å². The third-order valence-corrected chi connectivity index (χ3v) is 6.25. The van der Waals surface area contributed by atoms with Crippen molar-refractivity contribution in [2.45, 2.75) is 30.7 Å². The van der Waals surface area contributed by atoms with Gasteiger partial charge >= 0.3 is 0 Å². The summed E-state index contributed by atoms with van der Waals surface area (Å²) in [5.74, 6) is -0.589. The van der Waals surface area contributed by atoms with E-state index in [4.69, 9.17) is 0 Å². The molecule has 158 valence electrons. The molecule has 0 fully saturated rings. The second-order valence-corrected chi connectivity index (χ2v) is 8.57. The van der Waals surface area contributed by atoms with Crippen LogP contribution in [0.1, 0.15) is 24.0 Å². The fourth-order valence-corrected chi connectivity index (χ4v) is 4.40. The van der Waals surface area contributed by atoms with E-state index in [0.29, 0.717) is 13.0 Å². The molecule has 3 rings (SSSR count). The maximum atomic E-state index is 13.2. The van der Waals surface area contributed by atoms with Gasteiger partial charge < -0.3 is 0 Å². The van der Waals surface area contributed by atoms with Gasteiger partial charge in [-0.15, -0.1) is 12.4 Å². The molecule has 1 aliphatic heterocycles. The number of hydrogen-bond donors (Lipinski definition) is 1. The predicted molar refractivity (Wildman–Crippen MR) is 110 cm³/mol. The highest BCUT2D eigenvalue weighted by molar-refractivity contribution is 7.89. The van der Waals surface area contributed by atoms with E-state index < -0.39 is 15.8 Å². The molecule has 2 aromatic rings. The summed E-state index contributed by atoms with van der Waals surface area (Å²) in [6, 6.07) is 9.91. The third-order valence-electron chi connectivity index (χ3n) is 4.79. The van der Waals surface area contributed by atoms with Gasteiger partial charge in [0.05, 0.1) is 9.82 Å². The van der Waals surface area contributed by atoms with Crippen LogP contribution in [0.5, 0.6) is 0 Å². The number of fused-ring (bicyclic) bond motifs is 1. The molecule has 0 aliphatic carbocycles. The van der Waals surface area contributed by atoms with Crippen molar-refractivity contribution in [1.82, 2.24) is 9.62 Å². The standard InChI is InChI=1S/C19H22FN3O4S.ClH/c20-17-4-3-5-19(13-17)28(26,27)21-9-1-2-10-22-11-8-15-6-7-18(23(24)25)12-16(15)14-22;/h3-7,12-13,21H,1-2,8-11,14H2;1H. The minimum absolute atomic E-state index is 0. The SMILES string of the molecule is Cl.O=[N+]([O-])c1ccc2c(c1)CN(CCCCNS(=O)(=O)c1cccc(F)c1)CC2. The van der Waals surface area contributed by atoms with Crippen LogP contribution in [0.3, 0.4) is 0 Å². The van der Waals surface area contributed by atoms with E-state index in [2.05, 4.69) is 9.62 Å². The lowest BCUT2D eigenvalue weighted by molar-refractivity contribution is -0.385. The molecular weight excluding hydrogens is 421 g/mol. The highest BCUT2D eigenvalue weighted by Gasteiger charge is 2.19. The average molecular weight is 444 g/mol. The summed E-state index contributed by atoms with van der Waals surface area (Å²) in [5.41, 5.74) is 2.23. The van der Waals surface area contributed by atoms with E-state index in [1.165, 1.54) is 18.2 Å². The lowest BCUT2D eigenvalue weighted by atomic mass is 9.99. The van der Waals surface area contributed by atoms with Gasteiger partial charge in [0.1, 0.15) is 5.82 Å². The van der Waals surface area contributed by atoms with Crippen molar-refractivity contribution in [3.63, 3.8) is 0 Å². The van der Waals surface area contributed by atoms with Crippen LogP contribution in [-0.4, -0.2) is 37.9 Å². The van der Waals surface area contributed by atoms with Crippen LogP contribution in [0.15, 0.2) is 47.4 Å². The minimum atomic E-state index is -3.71. The Hall–Kier alpha value is -2.07. The molecule has 0 unspecified atom stereocenters. The molecule has 7 nitrogen and oxygen atoms in total. The summed E-state index contributed by atoms with van der Waals surface area (Å²) < 4.78 is 39.9. The molecule has 0 amide bonds. The second kappa shape index (κ2) is 10.1. The molecule has 10 heteroatoms. The number of hydrogen-bond acceptors (Lipinski definition) is 5. The molecule has 1 heterocycles. The molecule has 0 saturated carbocycles. The number of rotatable bonds is 8. The maximum absolute atomic E-state index is 13.2. The van der Waals surface area contributed by atoms with Crippen molar-refractivity contribution >= 4 is 28.1 Å². The Morgan fingerprint density at radius 3 is 2.66 bits per heavy atom. The van der Waals surface area contributed by atoms with Crippen LogP contribution >= 0.6 is 12.4 Å². The van der Waals surface area contributed by atoms with Crippen molar-refractivity contribution < 1.29 is 17.7 Å². The van der Waals surface area contributed by atoms with Crippen molar-refractivity contribution in [3.05, 3.63) is 69.5 Å². The van der Waals surface area contributed by atoms with Crippen LogP contribution in [-0.2, 0) is 23.0 Å². The number of nitro benzene ring substituents is 1. The smallest absolute Gasteiger partial charge is 0.269 e. The Morgan fingerprint density at radius 2 is 1.93 bits per heavy atom. The van der Waals surface area contributed by atoms with Crippen molar-refractivity contribution in [2.75, 3.05) is 19.6 Å². The highest BCUT2D eigenvalue weighted by Crippen LogP contribution is 2.24. The van der Waals surface area contributed by atoms with Gasteiger partial charge in [-0.2, -0.15) is 0 Å². The Kier molecular flexibility index (Phi) is 8.09. The van der Waals surface area contributed by atoms with Crippen LogP contribution in [0.4, 0.5) is 10.1 Å². The summed E-state index contributed by atoms with van der Waals surface area (Å²) in [4.78, 5) is 12.7. The van der Waals surface area contributed by atoms with Gasteiger partial charge in [0.25, 0.3) is 5.69 Å². The molecule has 1 N–H and O–H groups in total. The van der Waals surface area contributed by atoms with E-state index in [0.717, 1.165) is 43.1 Å². The van der Waals surface area contributed by atoms with Gasteiger partial charge in [0, 0.05) is 31.8 Å². The number of nitrogens with one attached hydrogen (secondary N) is 1. The molecule has 2 aromatic carbocycles. The molecule has 0 radical (unpaired) electrons. The fraction of sp³-hybridized carbons (Fsp3) is 0.368. The predicted octanol–water partition coefficient (Wildman–Crippen LogP) is 3.27. The quantitative estimate of drug-likeness (QED) is 0.384. The maximum Gasteiger partial charge on any atom is 0.269 e. The van der Waals surface area contributed by atoms with Gasteiger partial charge in [0.15, 0.2) is 0 Å². The van der Waals surface area contributed by atoms with E-state index in [1.54, 1.807) is 12.1 Å². The van der Waals surface area contributed by atoms with Crippen molar-refractivity contribution in [1.29, 1.82) is 0 Å². The molecule has 0 atom stereocenters. The first kappa shape index (κ1) is 23.2. The average Bonchev–Trinajstić information content (AvgIpc) is 2.67. The zero-order valence-electron chi connectivity index (χ0n) is 15.7. The van der Waals surface area contributed by atoms with Gasteiger partial charge in [-0.3, -0.25) is 15.0 Å². The monoisotopic (exact) mass is 443 g/mol. The molecule has 0 spiro atoms. The molecule has 29 heavy (non-hydrogen) atoms. The van der Waals surface area contributed by atoms with Crippen LogP contribution in [0, 0.1) is 15.9 Å². The summed E-state index contributed by atoms with van der Waals surface area (Å²) >= 11 is 0. The molecule has 1 aliphatic rings. The van der Waals surface area contributed by atoms with E-state index >= 15 is 0 Å². The molecule has 0 saturated heterocycles. The van der Waals surface area contributed by atoms with Gasteiger partial charge in [0.2, 0.25) is 10.0 Å². The number of halogens is 2. The number of unbranched alkanes of at least 4 members (excludes halogenated alkanes) is 1. The first-order chi connectivity index (χ1) is 13.3. The Bertz CT molecular complexity index is 972. The van der Waals surface area contributed by atoms with Gasteiger partial charge in [-0.05, 0) is 55.1 Å². The number of non-ortho nitro benzene ring substituents is 1. The normalized spacial score (nSPS) is 14.1. The Morgan fingerprint density at radius 1 is 1.14 bits per heavy atom. The summed E-state index contributed by atoms with van der Waals surface area (Å²) in [6.07, 6.45) is 2.28. The summed E-state index contributed by atoms with van der Waals surface area (Å²) in [7, 11) is -3.71. The van der Waals surface area contributed by atoms with Crippen LogP contribution in [0.25, 0.3) is 0 Å². The lowest BCUT2D eigenvalue weighted by Crippen LogP contribution is -2.32. The van der Waals surface area contributed by atoms with Crippen molar-refractivity contribution in [3.8, 4) is 0 Å². The van der Waals surface area contributed by atoms with Crippen LogP contribution in [0.2, 0.25) is 0 Å². The van der Waals surface area contributed by atoms with Crippen molar-refractivity contribution in [2.24, 2.45) is 0 Å². The fourth-order valence-electron chi connectivity index (χ4n) is 3.29. The zero-order chi connectivity index (χ0) is 20.1. The number of benzene rings is 2. The first-order valence-electron chi connectivity index (χ1n) is 9.09. The van der Waals surface area contributed by atoms with E-state index in [1.807, 2.05) is 6.07 Å². The largest absolute Gasteiger partial charge is 0.299 e. The highest BCUT2D eigenvalue weighted by atomic mass is 35.5. The summed E-state index contributed by atoms with van der Waals surface area (Å²) in [5, 5.41) is 10.9. The molecule has 0 aromatic heterocycles. The van der Waals surface area contributed by atoms with E-state index in [-0.39, 0.29) is 34.5 Å². The number of nitro groups is 1. The lowest BCUT2D eigenvalue weighted by Gasteiger charge is -2.28. The second-order valence-electron chi connectivity index (χ2n) is 6.80. The number of nitrogens with zero attached hydrogens (tertiary/aromatic N) is 2. The topological polar surface area (TPSA) is 92.6 Å². The Balaban J connectivity index is 0.00000300. The number of sulfonamides is 1. The third kappa shape index (κ3) is 6.20. The minimum Gasteiger partial charge on any atom is -0.299 e. The van der Waals surface area contributed by atoms with Gasteiger partial charge in [-0.1, -0.05) is 12.1 Å². The summed E-state index contributed by atoms with van der Waals surface area (Å²) in [6.45, 7) is 2.59. The molecular formula is C19H23ClFN3O4S. The van der Waals surface area contributed by atoms with Gasteiger partial charge in [-0.25, -0.2) is 17.5 Å².